The fraction of sp³-hybridized carbons (Fsp3) is 0.533. The zero-order valence-corrected chi connectivity index (χ0v) is 12.6. The van der Waals surface area contributed by atoms with Gasteiger partial charge in [0.2, 0.25) is 10.0 Å². The molecule has 0 radical (unpaired) electrons. The van der Waals surface area contributed by atoms with Crippen molar-refractivity contribution in [1.82, 2.24) is 4.72 Å². The number of benzene rings is 1. The Labute approximate surface area is 125 Å². The van der Waals surface area contributed by atoms with Crippen LogP contribution in [0.15, 0.2) is 24.3 Å². The van der Waals surface area contributed by atoms with E-state index in [4.69, 9.17) is 5.26 Å². The summed E-state index contributed by atoms with van der Waals surface area (Å²) in [4.78, 5) is 0. The third-order valence-electron chi connectivity index (χ3n) is 3.85. The summed E-state index contributed by atoms with van der Waals surface area (Å²) in [5, 5.41) is 18.7. The van der Waals surface area contributed by atoms with E-state index in [2.05, 4.69) is 4.72 Å². The Hall–Kier alpha value is -1.42. The van der Waals surface area contributed by atoms with Crippen LogP contribution in [0.1, 0.15) is 36.8 Å². The minimum atomic E-state index is -3.45. The number of hydrogen-bond acceptors (Lipinski definition) is 4. The van der Waals surface area contributed by atoms with Crippen molar-refractivity contribution in [2.24, 2.45) is 5.92 Å². The lowest BCUT2D eigenvalue weighted by Gasteiger charge is -2.27. The molecule has 1 aromatic rings. The van der Waals surface area contributed by atoms with Gasteiger partial charge in [0, 0.05) is 6.54 Å². The van der Waals surface area contributed by atoms with Gasteiger partial charge in [-0.1, -0.05) is 25.0 Å². The van der Waals surface area contributed by atoms with Crippen LogP contribution >= 0.6 is 0 Å². The molecule has 0 bridgehead atoms. The molecule has 0 aromatic heterocycles. The Morgan fingerprint density at radius 1 is 1.33 bits per heavy atom. The molecule has 1 saturated carbocycles. The van der Waals surface area contributed by atoms with E-state index >= 15 is 0 Å². The number of nitrogens with zero attached hydrogens (tertiary/aromatic N) is 1. The van der Waals surface area contributed by atoms with Crippen molar-refractivity contribution in [2.45, 2.75) is 37.5 Å². The van der Waals surface area contributed by atoms with Gasteiger partial charge in [-0.3, -0.25) is 0 Å². The highest BCUT2D eigenvalue weighted by molar-refractivity contribution is 7.88. The van der Waals surface area contributed by atoms with Crippen molar-refractivity contribution < 1.29 is 13.5 Å². The summed E-state index contributed by atoms with van der Waals surface area (Å²) < 4.78 is 26.7. The molecule has 1 fully saturated rings. The van der Waals surface area contributed by atoms with E-state index in [1.54, 1.807) is 24.3 Å². The molecule has 1 aliphatic carbocycles. The average molecular weight is 308 g/mol. The van der Waals surface area contributed by atoms with Crippen LogP contribution in [0.2, 0.25) is 0 Å². The maximum absolute atomic E-state index is 12.1. The van der Waals surface area contributed by atoms with Crippen molar-refractivity contribution >= 4 is 10.0 Å². The van der Waals surface area contributed by atoms with Crippen LogP contribution < -0.4 is 4.72 Å². The van der Waals surface area contributed by atoms with Crippen LogP contribution in [0.4, 0.5) is 0 Å². The monoisotopic (exact) mass is 308 g/mol. The molecule has 0 amide bonds. The lowest BCUT2D eigenvalue weighted by molar-refractivity contribution is 0.0724. The third kappa shape index (κ3) is 4.81. The van der Waals surface area contributed by atoms with Gasteiger partial charge in [0.25, 0.3) is 0 Å². The fourth-order valence-corrected chi connectivity index (χ4v) is 3.85. The smallest absolute Gasteiger partial charge is 0.215 e. The van der Waals surface area contributed by atoms with E-state index in [1.165, 1.54) is 0 Å². The highest BCUT2D eigenvalue weighted by atomic mass is 32.2. The SMILES string of the molecule is N#Cc1cccc(CS(=O)(=O)NCC2CCCCC2O)c1. The molecular formula is C15H20N2O3S. The van der Waals surface area contributed by atoms with Crippen LogP contribution in [-0.2, 0) is 15.8 Å². The predicted molar refractivity (Wildman–Crippen MR) is 79.7 cm³/mol. The Bertz CT molecular complexity index is 622. The number of aliphatic hydroxyl groups is 1. The van der Waals surface area contributed by atoms with Crippen LogP contribution in [0, 0.1) is 17.2 Å². The summed E-state index contributed by atoms with van der Waals surface area (Å²) in [7, 11) is -3.45. The van der Waals surface area contributed by atoms with Crippen molar-refractivity contribution in [3.8, 4) is 6.07 Å². The van der Waals surface area contributed by atoms with E-state index in [9.17, 15) is 13.5 Å². The molecule has 0 heterocycles. The summed E-state index contributed by atoms with van der Waals surface area (Å²) in [6.45, 7) is 0.279. The highest BCUT2D eigenvalue weighted by Gasteiger charge is 2.24. The van der Waals surface area contributed by atoms with Gasteiger partial charge in [-0.05, 0) is 36.5 Å². The summed E-state index contributed by atoms with van der Waals surface area (Å²) >= 11 is 0. The molecule has 21 heavy (non-hydrogen) atoms. The van der Waals surface area contributed by atoms with Gasteiger partial charge >= 0.3 is 0 Å². The molecule has 1 aliphatic rings. The van der Waals surface area contributed by atoms with E-state index in [0.29, 0.717) is 11.1 Å². The second kappa shape index (κ2) is 7.03. The van der Waals surface area contributed by atoms with Gasteiger partial charge in [0.1, 0.15) is 0 Å². The van der Waals surface area contributed by atoms with Crippen LogP contribution in [0.3, 0.4) is 0 Å². The number of hydrogen-bond donors (Lipinski definition) is 2. The van der Waals surface area contributed by atoms with Crippen molar-refractivity contribution in [3.05, 3.63) is 35.4 Å². The first kappa shape index (κ1) is 16.0. The third-order valence-corrected chi connectivity index (χ3v) is 5.17. The van der Waals surface area contributed by atoms with E-state index in [1.807, 2.05) is 6.07 Å². The maximum atomic E-state index is 12.1. The Morgan fingerprint density at radius 2 is 2.10 bits per heavy atom. The number of aliphatic hydroxyl groups excluding tert-OH is 1. The number of nitriles is 1. The summed E-state index contributed by atoms with van der Waals surface area (Å²) in [5.41, 5.74) is 1.04. The topological polar surface area (TPSA) is 90.2 Å². The molecule has 2 N–H and O–H groups in total. The highest BCUT2D eigenvalue weighted by Crippen LogP contribution is 2.23. The number of rotatable bonds is 5. The lowest BCUT2D eigenvalue weighted by Crippen LogP contribution is -2.37. The summed E-state index contributed by atoms with van der Waals surface area (Å²) in [6.07, 6.45) is 3.23. The standard InChI is InChI=1S/C15H20N2O3S/c16-9-12-4-3-5-13(8-12)11-21(19,20)17-10-14-6-1-2-7-15(14)18/h3-5,8,14-15,17-18H,1-2,6-7,10-11H2. The first-order valence-corrected chi connectivity index (χ1v) is 8.80. The predicted octanol–water partition coefficient (Wildman–Crippen LogP) is 1.53. The molecule has 114 valence electrons. The summed E-state index contributed by atoms with van der Waals surface area (Å²) in [6, 6.07) is 8.58. The quantitative estimate of drug-likeness (QED) is 0.863. The zero-order valence-electron chi connectivity index (χ0n) is 11.8. The molecule has 2 atom stereocenters. The molecule has 1 aromatic carbocycles. The van der Waals surface area contributed by atoms with Gasteiger partial charge < -0.3 is 5.11 Å². The van der Waals surface area contributed by atoms with Crippen molar-refractivity contribution in [2.75, 3.05) is 6.54 Å². The van der Waals surface area contributed by atoms with Gasteiger partial charge in [0.05, 0.1) is 23.5 Å². The number of nitrogens with one attached hydrogen (secondary N) is 1. The number of sulfonamides is 1. The fourth-order valence-electron chi connectivity index (χ4n) is 2.66. The van der Waals surface area contributed by atoms with Gasteiger partial charge in [0.15, 0.2) is 0 Å². The normalized spacial score (nSPS) is 22.7. The Kier molecular flexibility index (Phi) is 5.34. The van der Waals surface area contributed by atoms with Crippen LogP contribution in [0.5, 0.6) is 0 Å². The van der Waals surface area contributed by atoms with E-state index in [0.717, 1.165) is 25.7 Å². The molecular weight excluding hydrogens is 288 g/mol. The average Bonchev–Trinajstić information content (AvgIpc) is 2.46. The molecule has 0 aliphatic heterocycles. The zero-order chi connectivity index (χ0) is 15.3. The lowest BCUT2D eigenvalue weighted by atomic mass is 9.87. The minimum Gasteiger partial charge on any atom is -0.393 e. The second-order valence-electron chi connectivity index (χ2n) is 5.53. The minimum absolute atomic E-state index is 0.000956. The largest absolute Gasteiger partial charge is 0.393 e. The molecule has 2 rings (SSSR count). The first-order valence-electron chi connectivity index (χ1n) is 7.14. The maximum Gasteiger partial charge on any atom is 0.215 e. The van der Waals surface area contributed by atoms with Gasteiger partial charge in [-0.15, -0.1) is 0 Å². The summed E-state index contributed by atoms with van der Waals surface area (Å²) in [5.74, 6) is -0.148. The van der Waals surface area contributed by atoms with Crippen molar-refractivity contribution in [1.29, 1.82) is 5.26 Å². The van der Waals surface area contributed by atoms with E-state index in [-0.39, 0.29) is 18.2 Å². The van der Waals surface area contributed by atoms with Crippen LogP contribution in [-0.4, -0.2) is 26.2 Å². The molecule has 0 saturated heterocycles. The van der Waals surface area contributed by atoms with Gasteiger partial charge in [-0.25, -0.2) is 13.1 Å². The van der Waals surface area contributed by atoms with Crippen LogP contribution in [0.25, 0.3) is 0 Å². The molecule has 6 heteroatoms. The molecule has 2 unspecified atom stereocenters. The molecule has 5 nitrogen and oxygen atoms in total. The first-order chi connectivity index (χ1) is 10.00. The van der Waals surface area contributed by atoms with Crippen molar-refractivity contribution in [3.63, 3.8) is 0 Å². The molecule has 0 spiro atoms. The Morgan fingerprint density at radius 3 is 2.81 bits per heavy atom. The second-order valence-corrected chi connectivity index (χ2v) is 7.34. The van der Waals surface area contributed by atoms with Gasteiger partial charge in [-0.2, -0.15) is 5.26 Å². The van der Waals surface area contributed by atoms with E-state index < -0.39 is 16.1 Å². The Balaban J connectivity index is 1.94.